The van der Waals surface area contributed by atoms with E-state index in [1.165, 1.54) is 36.0 Å². The highest BCUT2D eigenvalue weighted by molar-refractivity contribution is 5.79. The maximum Gasteiger partial charge on any atom is 0.234 e. The Kier molecular flexibility index (Phi) is 7.83. The highest BCUT2D eigenvalue weighted by Gasteiger charge is 2.21. The molecule has 1 aliphatic heterocycles. The minimum Gasteiger partial charge on any atom is -0.352 e. The number of piperazine rings is 1. The van der Waals surface area contributed by atoms with Gasteiger partial charge in [0.2, 0.25) is 11.8 Å². The molecule has 29 heavy (non-hydrogen) atoms. The zero-order valence-corrected chi connectivity index (χ0v) is 17.6. The lowest BCUT2D eigenvalue weighted by molar-refractivity contribution is -0.125. The van der Waals surface area contributed by atoms with E-state index < -0.39 is 0 Å². The van der Waals surface area contributed by atoms with Crippen LogP contribution in [0, 0.1) is 0 Å². The van der Waals surface area contributed by atoms with Crippen LogP contribution in [0.1, 0.15) is 42.5 Å². The molecule has 1 aliphatic carbocycles. The maximum absolute atomic E-state index is 12.5. The van der Waals surface area contributed by atoms with Gasteiger partial charge in [-0.1, -0.05) is 24.3 Å². The highest BCUT2D eigenvalue weighted by atomic mass is 16.2. The highest BCUT2D eigenvalue weighted by Crippen LogP contribution is 2.24. The predicted octanol–water partition coefficient (Wildman–Crippen LogP) is 1.66. The predicted molar refractivity (Wildman–Crippen MR) is 116 cm³/mol. The topological polar surface area (TPSA) is 64.7 Å². The van der Waals surface area contributed by atoms with Crippen LogP contribution in [-0.2, 0) is 22.4 Å². The van der Waals surface area contributed by atoms with Gasteiger partial charge >= 0.3 is 0 Å². The van der Waals surface area contributed by atoms with E-state index in [1.54, 1.807) is 6.08 Å². The van der Waals surface area contributed by atoms with Crippen molar-refractivity contribution in [2.24, 2.45) is 0 Å². The molecule has 6 nitrogen and oxygen atoms in total. The van der Waals surface area contributed by atoms with E-state index in [2.05, 4.69) is 52.1 Å². The molecule has 0 saturated carbocycles. The van der Waals surface area contributed by atoms with Crippen LogP contribution in [0.2, 0.25) is 0 Å². The molecule has 3 rings (SSSR count). The van der Waals surface area contributed by atoms with E-state index in [0.717, 1.165) is 32.6 Å². The van der Waals surface area contributed by atoms with Gasteiger partial charge in [0.15, 0.2) is 0 Å². The third-order valence-electron chi connectivity index (χ3n) is 5.89. The first-order valence-corrected chi connectivity index (χ1v) is 10.8. The summed E-state index contributed by atoms with van der Waals surface area (Å²) < 4.78 is 0. The summed E-state index contributed by atoms with van der Waals surface area (Å²) in [5.41, 5.74) is 4.10. The van der Waals surface area contributed by atoms with Gasteiger partial charge in [0.1, 0.15) is 0 Å². The number of hydrogen-bond donors (Lipinski definition) is 2. The van der Waals surface area contributed by atoms with E-state index in [1.807, 2.05) is 0 Å². The quantitative estimate of drug-likeness (QED) is 0.654. The van der Waals surface area contributed by atoms with Crippen molar-refractivity contribution in [1.29, 1.82) is 0 Å². The van der Waals surface area contributed by atoms with Gasteiger partial charge < -0.3 is 10.6 Å². The summed E-state index contributed by atoms with van der Waals surface area (Å²) in [7, 11) is 0. The molecule has 1 unspecified atom stereocenters. The number of fused-ring (bicyclic) bond motifs is 1. The average Bonchev–Trinajstić information content (AvgIpc) is 2.73. The first-order valence-electron chi connectivity index (χ1n) is 10.8. The number of hydrogen-bond acceptors (Lipinski definition) is 4. The summed E-state index contributed by atoms with van der Waals surface area (Å²) in [4.78, 5) is 28.6. The zero-order chi connectivity index (χ0) is 20.6. The summed E-state index contributed by atoms with van der Waals surface area (Å²) in [6.07, 6.45) is 6.56. The fraction of sp³-hybridized carbons (Fsp3) is 0.565. The molecular weight excluding hydrogens is 364 g/mol. The molecular formula is C23H34N4O2. The lowest BCUT2D eigenvalue weighted by Gasteiger charge is -2.34. The number of aryl methyl sites for hydroxylation is 2. The van der Waals surface area contributed by atoms with Gasteiger partial charge in [-0.2, -0.15) is 0 Å². The van der Waals surface area contributed by atoms with Crippen LogP contribution in [0.15, 0.2) is 30.9 Å². The third-order valence-corrected chi connectivity index (χ3v) is 5.89. The monoisotopic (exact) mass is 398 g/mol. The Bertz CT molecular complexity index is 726. The molecule has 1 saturated heterocycles. The number of benzene rings is 1. The second-order valence-electron chi connectivity index (χ2n) is 8.17. The molecule has 0 bridgehead atoms. The van der Waals surface area contributed by atoms with E-state index in [9.17, 15) is 9.59 Å². The van der Waals surface area contributed by atoms with Gasteiger partial charge in [-0.15, -0.1) is 6.58 Å². The fourth-order valence-electron chi connectivity index (χ4n) is 4.15. The molecule has 1 atom stereocenters. The molecule has 0 aromatic heterocycles. The molecule has 6 heteroatoms. The fourth-order valence-corrected chi connectivity index (χ4v) is 4.15. The Balaban J connectivity index is 1.41. The maximum atomic E-state index is 12.5. The molecule has 158 valence electrons. The standard InChI is InChI=1S/C23H34N4O2/c1-3-10-24-22(28)16-26-11-13-27(14-12-26)17-23(29)25-18(2)20-9-8-19-6-4-5-7-21(19)15-20/h3,8-9,15,18H,1,4-7,10-14,16-17H2,2H3,(H,24,28)(H,25,29). The van der Waals surface area contributed by atoms with Crippen molar-refractivity contribution in [3.63, 3.8) is 0 Å². The van der Waals surface area contributed by atoms with Gasteiger partial charge in [-0.05, 0) is 49.3 Å². The molecule has 1 aromatic carbocycles. The van der Waals surface area contributed by atoms with E-state index >= 15 is 0 Å². The summed E-state index contributed by atoms with van der Waals surface area (Å²) in [6.45, 7) is 10.2. The van der Waals surface area contributed by atoms with Crippen LogP contribution in [0.5, 0.6) is 0 Å². The number of carbonyl (C=O) groups excluding carboxylic acids is 2. The summed E-state index contributed by atoms with van der Waals surface area (Å²) in [5.74, 6) is 0.0855. The minimum absolute atomic E-state index is 0.0181. The molecule has 0 spiro atoms. The Morgan fingerprint density at radius 3 is 2.31 bits per heavy atom. The number of amides is 2. The van der Waals surface area contributed by atoms with Crippen LogP contribution in [0.25, 0.3) is 0 Å². The smallest absolute Gasteiger partial charge is 0.234 e. The van der Waals surface area contributed by atoms with Crippen molar-refractivity contribution in [3.05, 3.63) is 47.5 Å². The first-order chi connectivity index (χ1) is 14.0. The van der Waals surface area contributed by atoms with Crippen molar-refractivity contribution >= 4 is 11.8 Å². The number of nitrogens with one attached hydrogen (secondary N) is 2. The van der Waals surface area contributed by atoms with Gasteiger partial charge in [0.05, 0.1) is 19.1 Å². The van der Waals surface area contributed by atoms with Crippen LogP contribution in [0.4, 0.5) is 0 Å². The number of carbonyl (C=O) groups is 2. The Labute approximate surface area is 174 Å². The number of nitrogens with zero attached hydrogens (tertiary/aromatic N) is 2. The Morgan fingerprint density at radius 1 is 1.03 bits per heavy atom. The first kappa shape index (κ1) is 21.5. The lowest BCUT2D eigenvalue weighted by Crippen LogP contribution is -2.51. The van der Waals surface area contributed by atoms with Crippen LogP contribution >= 0.6 is 0 Å². The van der Waals surface area contributed by atoms with E-state index in [0.29, 0.717) is 19.6 Å². The molecule has 1 aromatic rings. The molecule has 0 radical (unpaired) electrons. The zero-order valence-electron chi connectivity index (χ0n) is 17.6. The average molecular weight is 399 g/mol. The van der Waals surface area contributed by atoms with Crippen molar-refractivity contribution in [3.8, 4) is 0 Å². The van der Waals surface area contributed by atoms with E-state index in [-0.39, 0.29) is 17.9 Å². The molecule has 1 fully saturated rings. The van der Waals surface area contributed by atoms with Crippen molar-refractivity contribution in [2.75, 3.05) is 45.8 Å². The second kappa shape index (κ2) is 10.6. The Hall–Kier alpha value is -2.18. The van der Waals surface area contributed by atoms with Gasteiger partial charge in [-0.3, -0.25) is 19.4 Å². The van der Waals surface area contributed by atoms with Crippen molar-refractivity contribution in [1.82, 2.24) is 20.4 Å². The summed E-state index contributed by atoms with van der Waals surface area (Å²) in [6, 6.07) is 6.68. The van der Waals surface area contributed by atoms with Crippen LogP contribution in [0.3, 0.4) is 0 Å². The normalized spacial score (nSPS) is 18.5. The van der Waals surface area contributed by atoms with Crippen LogP contribution in [-0.4, -0.2) is 67.4 Å². The molecule has 2 aliphatic rings. The van der Waals surface area contributed by atoms with Crippen molar-refractivity contribution in [2.45, 2.75) is 38.6 Å². The SMILES string of the molecule is C=CCNC(=O)CN1CCN(CC(=O)NC(C)c2ccc3c(c2)CCCC3)CC1. The lowest BCUT2D eigenvalue weighted by atomic mass is 9.89. The molecule has 2 N–H and O–H groups in total. The third kappa shape index (κ3) is 6.41. The minimum atomic E-state index is 0.0181. The second-order valence-corrected chi connectivity index (χ2v) is 8.17. The summed E-state index contributed by atoms with van der Waals surface area (Å²) in [5, 5.41) is 5.95. The van der Waals surface area contributed by atoms with E-state index in [4.69, 9.17) is 0 Å². The van der Waals surface area contributed by atoms with Gasteiger partial charge in [0.25, 0.3) is 0 Å². The Morgan fingerprint density at radius 2 is 1.66 bits per heavy atom. The molecule has 2 amide bonds. The van der Waals surface area contributed by atoms with Gasteiger partial charge in [-0.25, -0.2) is 0 Å². The van der Waals surface area contributed by atoms with Crippen molar-refractivity contribution < 1.29 is 9.59 Å². The van der Waals surface area contributed by atoms with Crippen LogP contribution < -0.4 is 10.6 Å². The van der Waals surface area contributed by atoms with Gasteiger partial charge in [0, 0.05) is 32.7 Å². The molecule has 1 heterocycles. The number of rotatable bonds is 8. The summed E-state index contributed by atoms with van der Waals surface area (Å²) >= 11 is 0. The largest absolute Gasteiger partial charge is 0.352 e.